The second-order valence-corrected chi connectivity index (χ2v) is 18.1. The summed E-state index contributed by atoms with van der Waals surface area (Å²) < 4.78 is 121. The van der Waals surface area contributed by atoms with E-state index in [4.69, 9.17) is 43.4 Å². The number of benzene rings is 1. The molecule has 24 heteroatoms. The second kappa shape index (κ2) is 21.8. The minimum absolute atomic E-state index is 0.0210. The number of nitrogens with one attached hydrogen (secondary N) is 3. The molecule has 4 saturated heterocycles. The molecule has 0 spiro atoms. The van der Waals surface area contributed by atoms with Crippen molar-refractivity contribution in [3.63, 3.8) is 0 Å². The van der Waals surface area contributed by atoms with E-state index < -0.39 is 131 Å². The summed E-state index contributed by atoms with van der Waals surface area (Å²) in [7, 11) is 0. The summed E-state index contributed by atoms with van der Waals surface area (Å²) >= 11 is 0. The van der Waals surface area contributed by atoms with E-state index in [-0.39, 0.29) is 38.4 Å². The summed E-state index contributed by atoms with van der Waals surface area (Å²) in [4.78, 5) is 54.5. The third-order valence-corrected chi connectivity index (χ3v) is 10.8. The van der Waals surface area contributed by atoms with E-state index in [0.717, 1.165) is 0 Å². The number of esters is 1. The molecule has 8 atom stereocenters. The smallest absolute Gasteiger partial charge is 0.311 e. The van der Waals surface area contributed by atoms with Gasteiger partial charge in [-0.15, -0.1) is 0 Å². The first-order valence-electron chi connectivity index (χ1n) is 21.8. The van der Waals surface area contributed by atoms with E-state index in [1.165, 1.54) is 0 Å². The lowest BCUT2D eigenvalue weighted by molar-refractivity contribution is -0.175. The highest BCUT2D eigenvalue weighted by molar-refractivity contribution is 5.82. The average molecular weight is 951 g/mol. The summed E-state index contributed by atoms with van der Waals surface area (Å²) in [5.74, 6) is -19.9. The fourth-order valence-electron chi connectivity index (χ4n) is 8.09. The van der Waals surface area contributed by atoms with E-state index in [0.29, 0.717) is 38.6 Å². The molecule has 3 amide bonds. The largest absolute Gasteiger partial charge is 0.420 e. The molecule has 4 fully saturated rings. The van der Waals surface area contributed by atoms with Gasteiger partial charge in [0.25, 0.3) is 11.8 Å². The topological polar surface area (TPSA) is 236 Å². The van der Waals surface area contributed by atoms with Crippen molar-refractivity contribution in [3.8, 4) is 5.75 Å². The number of unbranched alkanes of at least 4 members (excludes halogenated alkanes) is 4. The van der Waals surface area contributed by atoms with Gasteiger partial charge in [-0.2, -0.15) is 8.78 Å². The lowest BCUT2D eigenvalue weighted by Crippen LogP contribution is -2.50. The van der Waals surface area contributed by atoms with E-state index in [9.17, 15) is 41.1 Å². The van der Waals surface area contributed by atoms with Gasteiger partial charge >= 0.3 is 5.97 Å². The van der Waals surface area contributed by atoms with Crippen LogP contribution in [0.25, 0.3) is 10.4 Å². The van der Waals surface area contributed by atoms with Gasteiger partial charge in [0, 0.05) is 37.4 Å². The standard InChI is InChI=1S/C42H59F5N6O13/c1-39(2)59-21(19-51-23(54)15-11-9-13-17-49-38(57)36-34(64-42(7,8)66-36)31-22(20-52-53-48)60-40(3,4)62-31)30(61-39)33-35(65-41(5,6)63-33)37(56)50-18-14-10-12-16-24(55)58-32-28(46)26(44)25(43)27(45)29(32)47/h21-22,30-31,33-36H,9-20H2,1-8H3,(H,49,57)(H,50,56)(H,51,54)/t21-,22-,30-,31-,33+,34+,35+,36+/m1/s1. The van der Waals surface area contributed by atoms with Gasteiger partial charge in [0.05, 0.1) is 12.6 Å². The average Bonchev–Trinajstić information content (AvgIpc) is 3.95. The van der Waals surface area contributed by atoms with Crippen LogP contribution in [0.4, 0.5) is 22.0 Å². The molecule has 0 bridgehead atoms. The van der Waals surface area contributed by atoms with Crippen molar-refractivity contribution in [2.45, 2.75) is 179 Å². The Labute approximate surface area is 378 Å². The maximum atomic E-state index is 13.9. The van der Waals surface area contributed by atoms with Gasteiger partial charge in [-0.3, -0.25) is 19.2 Å². The predicted molar refractivity (Wildman–Crippen MR) is 217 cm³/mol. The summed E-state index contributed by atoms with van der Waals surface area (Å²) in [5.41, 5.74) is 8.84. The third-order valence-electron chi connectivity index (χ3n) is 10.8. The number of halogens is 5. The second-order valence-electron chi connectivity index (χ2n) is 18.1. The van der Waals surface area contributed by atoms with Crippen molar-refractivity contribution in [1.82, 2.24) is 16.0 Å². The highest BCUT2D eigenvalue weighted by atomic mass is 19.2. The van der Waals surface area contributed by atoms with Crippen LogP contribution in [-0.2, 0) is 57.1 Å². The minimum Gasteiger partial charge on any atom is -0.420 e. The Kier molecular flexibility index (Phi) is 17.4. The molecule has 1 aromatic carbocycles. The first-order valence-corrected chi connectivity index (χ1v) is 21.8. The molecule has 3 N–H and O–H groups in total. The van der Waals surface area contributed by atoms with Gasteiger partial charge in [0.15, 0.2) is 35.4 Å². The highest BCUT2D eigenvalue weighted by Crippen LogP contribution is 2.40. The lowest BCUT2D eigenvalue weighted by atomic mass is 10.0. The van der Waals surface area contributed by atoms with Crippen molar-refractivity contribution in [3.05, 3.63) is 39.5 Å². The maximum Gasteiger partial charge on any atom is 0.311 e. The van der Waals surface area contributed by atoms with Crippen LogP contribution < -0.4 is 20.7 Å². The number of azide groups is 1. The molecule has 19 nitrogen and oxygen atoms in total. The molecule has 0 aromatic heterocycles. The SMILES string of the molecule is CC1(C)O[C@@H]([C@@H]2OC(C)(C)O[C@@H]2CN=[N+]=[N-])[C@@H](C(=O)NCCCCCC(=O)NC[C@H]2OC(C)(C)O[C@H]2[C@@H]2OC(C)(C)O[C@@H]2C(=O)NCCCCCC(=O)Oc2c(F)c(F)c(F)c(F)c2F)O1. The lowest BCUT2D eigenvalue weighted by Gasteiger charge is -2.26. The van der Waals surface area contributed by atoms with E-state index in [1.807, 2.05) is 0 Å². The van der Waals surface area contributed by atoms with Crippen molar-refractivity contribution >= 4 is 23.7 Å². The van der Waals surface area contributed by atoms with Crippen molar-refractivity contribution in [2.75, 3.05) is 26.2 Å². The minimum atomic E-state index is -2.38. The Hall–Kier alpha value is -4.26. The summed E-state index contributed by atoms with van der Waals surface area (Å²) in [6, 6.07) is 0. The third kappa shape index (κ3) is 13.7. The zero-order chi connectivity index (χ0) is 48.8. The molecule has 0 saturated carbocycles. The molecule has 4 aliphatic rings. The Morgan fingerprint density at radius 2 is 0.985 bits per heavy atom. The highest BCUT2D eigenvalue weighted by Gasteiger charge is 2.57. The number of rotatable bonds is 21. The summed E-state index contributed by atoms with van der Waals surface area (Å²) in [6.45, 7) is 13.8. The molecule has 0 aliphatic carbocycles. The van der Waals surface area contributed by atoms with Crippen molar-refractivity contribution in [1.29, 1.82) is 0 Å². The van der Waals surface area contributed by atoms with Crippen LogP contribution >= 0.6 is 0 Å². The predicted octanol–water partition coefficient (Wildman–Crippen LogP) is 5.15. The summed E-state index contributed by atoms with van der Waals surface area (Å²) in [6.07, 6.45) is -4.72. The zero-order valence-corrected chi connectivity index (χ0v) is 38.1. The van der Waals surface area contributed by atoms with Gasteiger partial charge in [0.1, 0.15) is 30.5 Å². The van der Waals surface area contributed by atoms with Crippen LogP contribution in [0.3, 0.4) is 0 Å². The van der Waals surface area contributed by atoms with Crippen molar-refractivity contribution in [2.24, 2.45) is 5.11 Å². The van der Waals surface area contributed by atoms with Crippen LogP contribution in [0.15, 0.2) is 5.11 Å². The number of nitrogens with zero attached hydrogens (tertiary/aromatic N) is 3. The quantitative estimate of drug-likeness (QED) is 0.0167. The van der Waals surface area contributed by atoms with Crippen LogP contribution in [0, 0.1) is 29.1 Å². The first-order chi connectivity index (χ1) is 30.8. The number of carbonyl (C=O) groups is 4. The molecule has 370 valence electrons. The van der Waals surface area contributed by atoms with Gasteiger partial charge < -0.3 is 58.6 Å². The van der Waals surface area contributed by atoms with Gasteiger partial charge in [-0.05, 0) is 86.6 Å². The fourth-order valence-corrected chi connectivity index (χ4v) is 8.09. The Morgan fingerprint density at radius 3 is 1.48 bits per heavy atom. The molecule has 4 heterocycles. The molecule has 0 radical (unpaired) electrons. The van der Waals surface area contributed by atoms with Gasteiger partial charge in [-0.1, -0.05) is 18.0 Å². The monoisotopic (exact) mass is 950 g/mol. The van der Waals surface area contributed by atoms with E-state index >= 15 is 0 Å². The number of hydrogen-bond acceptors (Lipinski definition) is 14. The number of ether oxygens (including phenoxy) is 9. The summed E-state index contributed by atoms with van der Waals surface area (Å²) in [5, 5.41) is 12.1. The van der Waals surface area contributed by atoms with Gasteiger partial charge in [0.2, 0.25) is 40.7 Å². The fraction of sp³-hybridized carbons (Fsp3) is 0.762. The molecule has 1 aromatic rings. The number of hydrogen-bond donors (Lipinski definition) is 3. The van der Waals surface area contributed by atoms with Crippen LogP contribution in [-0.4, -0.2) is 122 Å². The molecular weight excluding hydrogens is 891 g/mol. The Balaban J connectivity index is 1.02. The molecule has 66 heavy (non-hydrogen) atoms. The van der Waals surface area contributed by atoms with Crippen LogP contribution in [0.2, 0.25) is 0 Å². The van der Waals surface area contributed by atoms with E-state index in [1.54, 1.807) is 55.4 Å². The normalized spacial score (nSPS) is 28.1. The zero-order valence-electron chi connectivity index (χ0n) is 38.1. The maximum absolute atomic E-state index is 13.9. The molecular formula is C42H59F5N6O13. The molecule has 0 unspecified atom stereocenters. The van der Waals surface area contributed by atoms with E-state index in [2.05, 4.69) is 30.7 Å². The Bertz CT molecular complexity index is 1960. The van der Waals surface area contributed by atoms with Gasteiger partial charge in [-0.25, -0.2) is 13.2 Å². The Morgan fingerprint density at radius 1 is 0.561 bits per heavy atom. The molecule has 5 rings (SSSR count). The number of amides is 3. The van der Waals surface area contributed by atoms with Crippen LogP contribution in [0.5, 0.6) is 5.75 Å². The number of carbonyl (C=O) groups excluding carboxylic acids is 4. The van der Waals surface area contributed by atoms with Crippen molar-refractivity contribution < 1.29 is 83.8 Å². The molecule has 4 aliphatic heterocycles. The van der Waals surface area contributed by atoms with Crippen LogP contribution in [0.1, 0.15) is 107 Å². The first kappa shape index (κ1) is 52.7.